The van der Waals surface area contributed by atoms with Crippen molar-refractivity contribution in [3.05, 3.63) is 102 Å². The number of benzene rings is 3. The van der Waals surface area contributed by atoms with Crippen LogP contribution in [0.1, 0.15) is 29.0 Å². The van der Waals surface area contributed by atoms with E-state index < -0.39 is 0 Å². The van der Waals surface area contributed by atoms with Gasteiger partial charge in [0.1, 0.15) is 5.75 Å². The highest BCUT2D eigenvalue weighted by Crippen LogP contribution is 2.30. The van der Waals surface area contributed by atoms with E-state index in [0.29, 0.717) is 11.8 Å². The van der Waals surface area contributed by atoms with Crippen LogP contribution < -0.4 is 10.1 Å². The van der Waals surface area contributed by atoms with Crippen LogP contribution in [-0.4, -0.2) is 19.7 Å². The van der Waals surface area contributed by atoms with Crippen molar-refractivity contribution in [3.63, 3.8) is 0 Å². The fourth-order valence-electron chi connectivity index (χ4n) is 3.98. The molecule has 0 radical (unpaired) electrons. The maximum atomic E-state index is 6.16. The molecule has 1 saturated heterocycles. The maximum absolute atomic E-state index is 6.16. The lowest BCUT2D eigenvalue weighted by atomic mass is 9.81. The molecule has 0 saturated carbocycles. The van der Waals surface area contributed by atoms with Crippen LogP contribution in [0.25, 0.3) is 0 Å². The lowest BCUT2D eigenvalue weighted by Gasteiger charge is -2.32. The summed E-state index contributed by atoms with van der Waals surface area (Å²) in [6.07, 6.45) is 2.14. The molecule has 3 aromatic carbocycles. The summed E-state index contributed by atoms with van der Waals surface area (Å²) < 4.78 is 6.16. The number of hydrogen-bond donors (Lipinski definition) is 1. The van der Waals surface area contributed by atoms with Gasteiger partial charge in [-0.2, -0.15) is 0 Å². The zero-order valence-electron chi connectivity index (χ0n) is 15.7. The first-order valence-corrected chi connectivity index (χ1v) is 9.90. The first-order chi connectivity index (χ1) is 13.4. The molecule has 0 aromatic heterocycles. The second kappa shape index (κ2) is 8.88. The number of nitrogens with one attached hydrogen (secondary N) is 1. The summed E-state index contributed by atoms with van der Waals surface area (Å²) in [5.41, 5.74) is 4.09. The Bertz CT molecular complexity index is 814. The van der Waals surface area contributed by atoms with Crippen LogP contribution in [0.3, 0.4) is 0 Å². The van der Waals surface area contributed by atoms with Gasteiger partial charge in [0.05, 0.1) is 6.61 Å². The SMILES string of the molecule is c1ccc(Cc2ccc(OC[C@@H]3CNCC[C@H]3c3ccccc3)cc2)cc1. The van der Waals surface area contributed by atoms with E-state index in [1.807, 2.05) is 0 Å². The number of hydrogen-bond acceptors (Lipinski definition) is 2. The summed E-state index contributed by atoms with van der Waals surface area (Å²) >= 11 is 0. The van der Waals surface area contributed by atoms with Gasteiger partial charge in [-0.25, -0.2) is 0 Å². The highest BCUT2D eigenvalue weighted by molar-refractivity contribution is 5.31. The van der Waals surface area contributed by atoms with E-state index in [0.717, 1.165) is 31.9 Å². The normalized spacial score (nSPS) is 19.6. The van der Waals surface area contributed by atoms with E-state index in [4.69, 9.17) is 4.74 Å². The molecule has 1 aliphatic rings. The molecule has 4 rings (SSSR count). The third-order valence-electron chi connectivity index (χ3n) is 5.47. The molecular formula is C25H27NO. The molecule has 2 heteroatoms. The second-order valence-electron chi connectivity index (χ2n) is 7.39. The van der Waals surface area contributed by atoms with Crippen LogP contribution >= 0.6 is 0 Å². The van der Waals surface area contributed by atoms with Crippen LogP contribution in [-0.2, 0) is 6.42 Å². The van der Waals surface area contributed by atoms with Gasteiger partial charge in [0.25, 0.3) is 0 Å². The van der Waals surface area contributed by atoms with Gasteiger partial charge in [-0.15, -0.1) is 0 Å². The van der Waals surface area contributed by atoms with Crippen LogP contribution in [0.5, 0.6) is 5.75 Å². The molecule has 0 bridgehead atoms. The zero-order chi connectivity index (χ0) is 18.3. The monoisotopic (exact) mass is 357 g/mol. The molecule has 2 nitrogen and oxygen atoms in total. The zero-order valence-corrected chi connectivity index (χ0v) is 15.7. The summed E-state index contributed by atoms with van der Waals surface area (Å²) in [6, 6.07) is 30.0. The predicted octanol–water partition coefficient (Wildman–Crippen LogP) is 5.05. The van der Waals surface area contributed by atoms with Crippen molar-refractivity contribution in [1.82, 2.24) is 5.32 Å². The van der Waals surface area contributed by atoms with E-state index >= 15 is 0 Å². The topological polar surface area (TPSA) is 21.3 Å². The van der Waals surface area contributed by atoms with Gasteiger partial charge in [0, 0.05) is 12.5 Å². The van der Waals surface area contributed by atoms with Gasteiger partial charge in [0.2, 0.25) is 0 Å². The quantitative estimate of drug-likeness (QED) is 0.666. The average Bonchev–Trinajstić information content (AvgIpc) is 2.75. The Balaban J connectivity index is 1.36. The summed E-state index contributed by atoms with van der Waals surface area (Å²) in [5, 5.41) is 3.53. The molecule has 0 aliphatic carbocycles. The minimum atomic E-state index is 0.505. The molecule has 0 spiro atoms. The standard InChI is InChI=1S/C25H27NO/c1-3-7-20(8-4-1)17-21-11-13-24(14-12-21)27-19-23-18-26-16-15-25(23)22-9-5-2-6-10-22/h1-14,23,25-26H,15-19H2/t23-,25-/m0/s1. The van der Waals surface area contributed by atoms with Crippen LogP contribution in [0.4, 0.5) is 0 Å². The number of ether oxygens (including phenoxy) is 1. The van der Waals surface area contributed by atoms with Crippen LogP contribution in [0, 0.1) is 5.92 Å². The van der Waals surface area contributed by atoms with Crippen LogP contribution in [0.15, 0.2) is 84.9 Å². The van der Waals surface area contributed by atoms with Gasteiger partial charge in [-0.05, 0) is 54.1 Å². The molecule has 0 amide bonds. The van der Waals surface area contributed by atoms with E-state index in [9.17, 15) is 0 Å². The molecule has 3 aromatic rings. The highest BCUT2D eigenvalue weighted by atomic mass is 16.5. The van der Waals surface area contributed by atoms with Crippen molar-refractivity contribution in [1.29, 1.82) is 0 Å². The van der Waals surface area contributed by atoms with Gasteiger partial charge in [-0.1, -0.05) is 72.8 Å². The van der Waals surface area contributed by atoms with Gasteiger partial charge >= 0.3 is 0 Å². The first kappa shape index (κ1) is 17.8. The van der Waals surface area contributed by atoms with E-state index in [1.165, 1.54) is 23.1 Å². The second-order valence-corrected chi connectivity index (χ2v) is 7.39. The van der Waals surface area contributed by atoms with E-state index in [2.05, 4.69) is 90.2 Å². The van der Waals surface area contributed by atoms with Crippen LogP contribution in [0.2, 0.25) is 0 Å². The number of rotatable bonds is 6. The summed E-state index contributed by atoms with van der Waals surface area (Å²) in [5.74, 6) is 2.04. The van der Waals surface area contributed by atoms with Crippen molar-refractivity contribution in [3.8, 4) is 5.75 Å². The molecule has 2 atom stereocenters. The molecule has 1 aliphatic heterocycles. The Hall–Kier alpha value is -2.58. The largest absolute Gasteiger partial charge is 0.493 e. The molecular weight excluding hydrogens is 330 g/mol. The third kappa shape index (κ3) is 4.78. The van der Waals surface area contributed by atoms with Crippen molar-refractivity contribution in [2.75, 3.05) is 19.7 Å². The van der Waals surface area contributed by atoms with E-state index in [-0.39, 0.29) is 0 Å². The maximum Gasteiger partial charge on any atom is 0.119 e. The minimum absolute atomic E-state index is 0.505. The van der Waals surface area contributed by atoms with Crippen molar-refractivity contribution in [2.24, 2.45) is 5.92 Å². The average molecular weight is 357 g/mol. The lowest BCUT2D eigenvalue weighted by Crippen LogP contribution is -2.38. The van der Waals surface area contributed by atoms with E-state index in [1.54, 1.807) is 0 Å². The first-order valence-electron chi connectivity index (χ1n) is 9.90. The van der Waals surface area contributed by atoms with Gasteiger partial charge in [0.15, 0.2) is 0 Å². The number of piperidine rings is 1. The Morgan fingerprint density at radius 3 is 2.19 bits per heavy atom. The lowest BCUT2D eigenvalue weighted by molar-refractivity contribution is 0.197. The van der Waals surface area contributed by atoms with Crippen molar-refractivity contribution < 1.29 is 4.74 Å². The molecule has 1 fully saturated rings. The Kier molecular flexibility index (Phi) is 5.86. The molecule has 1 heterocycles. The molecule has 0 unspecified atom stereocenters. The minimum Gasteiger partial charge on any atom is -0.493 e. The molecule has 27 heavy (non-hydrogen) atoms. The molecule has 138 valence electrons. The Labute approximate surface area is 162 Å². The Morgan fingerprint density at radius 1 is 0.778 bits per heavy atom. The molecule has 1 N–H and O–H groups in total. The van der Waals surface area contributed by atoms with Gasteiger partial charge in [-0.3, -0.25) is 0 Å². The fourth-order valence-corrected chi connectivity index (χ4v) is 3.98. The van der Waals surface area contributed by atoms with Crippen molar-refractivity contribution >= 4 is 0 Å². The summed E-state index contributed by atoms with van der Waals surface area (Å²) in [6.45, 7) is 2.86. The Morgan fingerprint density at radius 2 is 1.44 bits per heavy atom. The van der Waals surface area contributed by atoms with Gasteiger partial charge < -0.3 is 10.1 Å². The fraction of sp³-hybridized carbons (Fsp3) is 0.280. The smallest absolute Gasteiger partial charge is 0.119 e. The summed E-state index contributed by atoms with van der Waals surface area (Å²) in [7, 11) is 0. The highest BCUT2D eigenvalue weighted by Gasteiger charge is 2.26. The predicted molar refractivity (Wildman–Crippen MR) is 111 cm³/mol. The summed E-state index contributed by atoms with van der Waals surface area (Å²) in [4.78, 5) is 0. The third-order valence-corrected chi connectivity index (χ3v) is 5.47. The van der Waals surface area contributed by atoms with Crippen molar-refractivity contribution in [2.45, 2.75) is 18.8 Å².